The van der Waals surface area contributed by atoms with Crippen molar-refractivity contribution in [2.45, 2.75) is 45.6 Å². The average Bonchev–Trinajstić information content (AvgIpc) is 3.17. The number of hydrogen-bond acceptors (Lipinski definition) is 4. The van der Waals surface area contributed by atoms with Crippen LogP contribution in [0.2, 0.25) is 0 Å². The smallest absolute Gasteiger partial charge is 0.231 e. The van der Waals surface area contributed by atoms with E-state index in [0.717, 1.165) is 49.7 Å². The molecule has 1 aromatic carbocycles. The molecule has 1 unspecified atom stereocenters. The molecule has 4 rings (SSSR count). The van der Waals surface area contributed by atoms with Crippen LogP contribution in [0.5, 0.6) is 0 Å². The number of fused-ring (bicyclic) bond motifs is 3. The maximum Gasteiger partial charge on any atom is 0.231 e. The lowest BCUT2D eigenvalue weighted by atomic mass is 9.90. The molecule has 0 amide bonds. The van der Waals surface area contributed by atoms with E-state index in [0.29, 0.717) is 11.2 Å². The van der Waals surface area contributed by atoms with Crippen molar-refractivity contribution in [3.8, 4) is 0 Å². The summed E-state index contributed by atoms with van der Waals surface area (Å²) in [6, 6.07) is 4.53. The Morgan fingerprint density at radius 2 is 2.30 bits per heavy atom. The van der Waals surface area contributed by atoms with Gasteiger partial charge in [0.1, 0.15) is 13.7 Å². The number of benzene rings is 1. The summed E-state index contributed by atoms with van der Waals surface area (Å²) in [5, 5.41) is 8.20. The molecule has 5 nitrogen and oxygen atoms in total. The van der Waals surface area contributed by atoms with Crippen molar-refractivity contribution in [3.63, 3.8) is 0 Å². The molecule has 0 spiro atoms. The van der Waals surface area contributed by atoms with Crippen LogP contribution in [0.4, 0.5) is 5.82 Å². The second kappa shape index (κ2) is 7.89. The fourth-order valence-electron chi connectivity index (χ4n) is 4.46. The highest BCUT2D eigenvalue weighted by Crippen LogP contribution is 2.29. The number of aryl methyl sites for hydroxylation is 2. The van der Waals surface area contributed by atoms with Crippen molar-refractivity contribution in [1.29, 1.82) is 0 Å². The standard InChI is InChI=1S/C21H28BN5/c1-3-17-16(7-6-15-5-4-10-23-13-15)8-9-18-19(17)26-21(25-14(2)22)27-12-11-24-20(18)27/h8-9,15,23-24H,2-7,10-13H2,1H3/b25-21+. The number of piperidine rings is 1. The van der Waals surface area contributed by atoms with Gasteiger partial charge in [-0.15, -0.1) is 0 Å². The van der Waals surface area contributed by atoms with Gasteiger partial charge < -0.3 is 10.6 Å². The zero-order valence-electron chi connectivity index (χ0n) is 16.2. The first-order valence-electron chi connectivity index (χ1n) is 10.2. The molecule has 0 aliphatic carbocycles. The maximum atomic E-state index is 5.75. The van der Waals surface area contributed by atoms with E-state index in [-0.39, 0.29) is 0 Å². The Morgan fingerprint density at radius 3 is 3.04 bits per heavy atom. The highest BCUT2D eigenvalue weighted by Gasteiger charge is 2.19. The third-order valence-corrected chi connectivity index (χ3v) is 5.80. The van der Waals surface area contributed by atoms with Crippen molar-refractivity contribution in [2.24, 2.45) is 10.9 Å². The Bertz CT molecular complexity index is 924. The molecule has 1 atom stereocenters. The fraction of sp³-hybridized carbons (Fsp3) is 0.524. The lowest BCUT2D eigenvalue weighted by Gasteiger charge is -2.23. The Balaban J connectivity index is 1.76. The number of nitrogens with zero attached hydrogens (tertiary/aromatic N) is 3. The van der Waals surface area contributed by atoms with Crippen LogP contribution in [0.1, 0.15) is 37.3 Å². The van der Waals surface area contributed by atoms with Crippen molar-refractivity contribution in [2.75, 3.05) is 25.0 Å². The molecule has 1 fully saturated rings. The minimum Gasteiger partial charge on any atom is -0.369 e. The van der Waals surface area contributed by atoms with Gasteiger partial charge >= 0.3 is 0 Å². The predicted octanol–water partition coefficient (Wildman–Crippen LogP) is 2.50. The van der Waals surface area contributed by atoms with Crippen LogP contribution < -0.4 is 16.3 Å². The molecule has 2 aliphatic rings. The van der Waals surface area contributed by atoms with Crippen LogP contribution in [0.15, 0.2) is 29.3 Å². The SMILES string of the molecule is [B]C(=C)/N=c1\nc2c(CC)c(CCC3CCCNC3)ccc2c2n1CCN2. The van der Waals surface area contributed by atoms with E-state index in [2.05, 4.69) is 45.8 Å². The number of anilines is 1. The number of aromatic nitrogens is 2. The minimum absolute atomic E-state index is 0.294. The summed E-state index contributed by atoms with van der Waals surface area (Å²) in [5.74, 6) is 1.88. The minimum atomic E-state index is 0.294. The number of hydrogen-bond donors (Lipinski definition) is 2. The molecule has 27 heavy (non-hydrogen) atoms. The second-order valence-corrected chi connectivity index (χ2v) is 7.65. The first-order chi connectivity index (χ1) is 13.2. The first-order valence-corrected chi connectivity index (χ1v) is 10.2. The van der Waals surface area contributed by atoms with Crippen molar-refractivity contribution in [1.82, 2.24) is 14.9 Å². The Kier molecular flexibility index (Phi) is 5.35. The quantitative estimate of drug-likeness (QED) is 0.805. The monoisotopic (exact) mass is 361 g/mol. The molecule has 1 saturated heterocycles. The summed E-state index contributed by atoms with van der Waals surface area (Å²) in [7, 11) is 5.75. The summed E-state index contributed by atoms with van der Waals surface area (Å²) in [5.41, 5.74) is 4.76. The van der Waals surface area contributed by atoms with E-state index >= 15 is 0 Å². The Morgan fingerprint density at radius 1 is 1.41 bits per heavy atom. The molecule has 0 bridgehead atoms. The van der Waals surface area contributed by atoms with Gasteiger partial charge in [-0.25, -0.2) is 9.98 Å². The summed E-state index contributed by atoms with van der Waals surface area (Å²) in [6.45, 7) is 10.0. The maximum absolute atomic E-state index is 5.75. The van der Waals surface area contributed by atoms with Gasteiger partial charge in [-0.2, -0.15) is 0 Å². The van der Waals surface area contributed by atoms with Crippen LogP contribution in [-0.4, -0.2) is 37.0 Å². The third-order valence-electron chi connectivity index (χ3n) is 5.80. The summed E-state index contributed by atoms with van der Waals surface area (Å²) < 4.78 is 2.10. The van der Waals surface area contributed by atoms with Gasteiger partial charge in [0.15, 0.2) is 0 Å². The van der Waals surface area contributed by atoms with Crippen molar-refractivity contribution in [3.05, 3.63) is 41.1 Å². The largest absolute Gasteiger partial charge is 0.369 e. The molecular formula is C21H28BN5. The molecule has 2 aliphatic heterocycles. The van der Waals surface area contributed by atoms with Crippen LogP contribution in [0.3, 0.4) is 0 Å². The van der Waals surface area contributed by atoms with Gasteiger partial charge in [-0.3, -0.25) is 4.57 Å². The molecule has 2 radical (unpaired) electrons. The number of rotatable bonds is 5. The van der Waals surface area contributed by atoms with Gasteiger partial charge in [0, 0.05) is 18.5 Å². The predicted molar refractivity (Wildman–Crippen MR) is 112 cm³/mol. The van der Waals surface area contributed by atoms with E-state index < -0.39 is 0 Å². The van der Waals surface area contributed by atoms with Gasteiger partial charge in [0.25, 0.3) is 0 Å². The third kappa shape index (κ3) is 3.68. The van der Waals surface area contributed by atoms with E-state index in [1.165, 1.54) is 42.3 Å². The molecule has 140 valence electrons. The van der Waals surface area contributed by atoms with E-state index in [4.69, 9.17) is 12.8 Å². The van der Waals surface area contributed by atoms with Crippen molar-refractivity contribution < 1.29 is 0 Å². The van der Waals surface area contributed by atoms with Crippen LogP contribution in [-0.2, 0) is 19.4 Å². The van der Waals surface area contributed by atoms with E-state index in [1.54, 1.807) is 0 Å². The molecule has 1 aromatic heterocycles. The molecule has 2 aromatic rings. The lowest BCUT2D eigenvalue weighted by molar-refractivity contribution is 0.358. The summed E-state index contributed by atoms with van der Waals surface area (Å²) in [4.78, 5) is 9.31. The van der Waals surface area contributed by atoms with Crippen molar-refractivity contribution >= 4 is 24.6 Å². The molecule has 2 N–H and O–H groups in total. The second-order valence-electron chi connectivity index (χ2n) is 7.65. The van der Waals surface area contributed by atoms with Crippen LogP contribution >= 0.6 is 0 Å². The highest BCUT2D eigenvalue weighted by molar-refractivity contribution is 6.20. The normalized spacial score (nSPS) is 19.9. The molecule has 6 heteroatoms. The van der Waals surface area contributed by atoms with Crippen LogP contribution in [0.25, 0.3) is 10.9 Å². The average molecular weight is 361 g/mol. The fourth-order valence-corrected chi connectivity index (χ4v) is 4.46. The number of nitrogens with one attached hydrogen (secondary N) is 2. The Labute approximate surface area is 162 Å². The molecular weight excluding hydrogens is 333 g/mol. The summed E-state index contributed by atoms with van der Waals surface area (Å²) in [6.07, 6.45) is 5.96. The Hall–Kier alpha value is -2.08. The zero-order chi connectivity index (χ0) is 18.8. The lowest BCUT2D eigenvalue weighted by Crippen LogP contribution is -2.30. The topological polar surface area (TPSA) is 54.2 Å². The summed E-state index contributed by atoms with van der Waals surface area (Å²) >= 11 is 0. The van der Waals surface area contributed by atoms with Gasteiger partial charge in [-0.05, 0) is 73.9 Å². The van der Waals surface area contributed by atoms with Gasteiger partial charge in [0.2, 0.25) is 5.62 Å². The van der Waals surface area contributed by atoms with Gasteiger partial charge in [0.05, 0.1) is 5.52 Å². The van der Waals surface area contributed by atoms with E-state index in [1.807, 2.05) is 0 Å². The molecule has 3 heterocycles. The zero-order valence-corrected chi connectivity index (χ0v) is 16.2. The van der Waals surface area contributed by atoms with Crippen LogP contribution in [0, 0.1) is 5.92 Å². The van der Waals surface area contributed by atoms with Gasteiger partial charge in [-0.1, -0.05) is 19.6 Å². The van der Waals surface area contributed by atoms with E-state index in [9.17, 15) is 0 Å². The highest BCUT2D eigenvalue weighted by atomic mass is 15.2. The molecule has 0 saturated carbocycles. The first kappa shape index (κ1) is 18.3.